The lowest BCUT2D eigenvalue weighted by Crippen LogP contribution is -2.25. The normalized spacial score (nSPS) is 28.8. The predicted molar refractivity (Wildman–Crippen MR) is 61.2 cm³/mol. The molecule has 94 valence electrons. The van der Waals surface area contributed by atoms with E-state index in [1.165, 1.54) is 25.7 Å². The van der Waals surface area contributed by atoms with E-state index in [9.17, 15) is 0 Å². The van der Waals surface area contributed by atoms with Gasteiger partial charge in [0.2, 0.25) is 5.89 Å². The van der Waals surface area contributed by atoms with Gasteiger partial charge in [0.15, 0.2) is 5.82 Å². The van der Waals surface area contributed by atoms with Crippen molar-refractivity contribution < 1.29 is 9.26 Å². The zero-order valence-corrected chi connectivity index (χ0v) is 9.97. The number of hydrogen-bond acceptors (Lipinski definition) is 5. The Morgan fingerprint density at radius 1 is 1.29 bits per heavy atom. The molecule has 0 saturated heterocycles. The summed E-state index contributed by atoms with van der Waals surface area (Å²) in [6.45, 7) is 1.17. The fourth-order valence-electron chi connectivity index (χ4n) is 2.50. The third kappa shape index (κ3) is 2.50. The third-order valence-corrected chi connectivity index (χ3v) is 3.73. The summed E-state index contributed by atoms with van der Waals surface area (Å²) in [6, 6.07) is 0. The molecule has 2 N–H and O–H groups in total. The Morgan fingerprint density at radius 2 is 2.18 bits per heavy atom. The van der Waals surface area contributed by atoms with Gasteiger partial charge in [-0.2, -0.15) is 4.98 Å². The zero-order chi connectivity index (χ0) is 11.7. The van der Waals surface area contributed by atoms with E-state index in [0.717, 1.165) is 12.3 Å². The van der Waals surface area contributed by atoms with Crippen LogP contribution in [0.2, 0.25) is 0 Å². The molecule has 2 aliphatic carbocycles. The van der Waals surface area contributed by atoms with Crippen LogP contribution in [0.3, 0.4) is 0 Å². The molecule has 0 aromatic carbocycles. The van der Waals surface area contributed by atoms with Crippen LogP contribution in [0, 0.1) is 5.92 Å². The maximum Gasteiger partial charge on any atom is 0.229 e. The molecule has 17 heavy (non-hydrogen) atoms. The summed E-state index contributed by atoms with van der Waals surface area (Å²) in [6.07, 6.45) is 6.14. The molecule has 1 heterocycles. The van der Waals surface area contributed by atoms with Gasteiger partial charge in [-0.3, -0.25) is 0 Å². The molecule has 2 atom stereocenters. The molecule has 0 amide bonds. The zero-order valence-electron chi connectivity index (χ0n) is 9.97. The first-order chi connectivity index (χ1) is 8.36. The van der Waals surface area contributed by atoms with E-state index in [0.29, 0.717) is 30.8 Å². The minimum atomic E-state index is 0.280. The monoisotopic (exact) mass is 237 g/mol. The van der Waals surface area contributed by atoms with Gasteiger partial charge in [0.25, 0.3) is 0 Å². The van der Waals surface area contributed by atoms with Gasteiger partial charge in [-0.05, 0) is 38.1 Å². The maximum atomic E-state index is 5.84. The number of hydrogen-bond donors (Lipinski definition) is 1. The second-order valence-electron chi connectivity index (χ2n) is 5.10. The molecule has 2 unspecified atom stereocenters. The highest BCUT2D eigenvalue weighted by Gasteiger charge is 2.30. The average molecular weight is 237 g/mol. The Bertz CT molecular complexity index is 376. The Labute approximate surface area is 101 Å². The van der Waals surface area contributed by atoms with Gasteiger partial charge >= 0.3 is 0 Å². The van der Waals surface area contributed by atoms with Gasteiger partial charge in [-0.1, -0.05) is 11.6 Å². The van der Waals surface area contributed by atoms with Gasteiger partial charge in [0.1, 0.15) is 6.61 Å². The van der Waals surface area contributed by atoms with Crippen LogP contribution in [-0.2, 0) is 11.3 Å². The number of nitrogens with zero attached hydrogens (tertiary/aromatic N) is 2. The van der Waals surface area contributed by atoms with E-state index in [1.807, 2.05) is 0 Å². The van der Waals surface area contributed by atoms with Crippen molar-refractivity contribution in [1.29, 1.82) is 0 Å². The minimum absolute atomic E-state index is 0.280. The average Bonchev–Trinajstić information content (AvgIpc) is 2.93. The van der Waals surface area contributed by atoms with Crippen LogP contribution >= 0.6 is 0 Å². The largest absolute Gasteiger partial charge is 0.370 e. The fourth-order valence-corrected chi connectivity index (χ4v) is 2.50. The van der Waals surface area contributed by atoms with Gasteiger partial charge in [0.05, 0.1) is 6.10 Å². The van der Waals surface area contributed by atoms with Crippen molar-refractivity contribution in [3.63, 3.8) is 0 Å². The Kier molecular flexibility index (Phi) is 3.11. The highest BCUT2D eigenvalue weighted by atomic mass is 16.5. The van der Waals surface area contributed by atoms with Crippen LogP contribution in [0.5, 0.6) is 0 Å². The lowest BCUT2D eigenvalue weighted by Gasteiger charge is -2.17. The molecule has 2 saturated carbocycles. The van der Waals surface area contributed by atoms with Gasteiger partial charge in [-0.25, -0.2) is 0 Å². The molecule has 2 aliphatic rings. The number of aromatic nitrogens is 2. The summed E-state index contributed by atoms with van der Waals surface area (Å²) >= 11 is 0. The lowest BCUT2D eigenvalue weighted by molar-refractivity contribution is 0.0140. The highest BCUT2D eigenvalue weighted by molar-refractivity contribution is 5.01. The molecule has 0 bridgehead atoms. The van der Waals surface area contributed by atoms with E-state index < -0.39 is 0 Å². The summed E-state index contributed by atoms with van der Waals surface area (Å²) in [7, 11) is 0. The molecule has 3 rings (SSSR count). The molecule has 1 aromatic heterocycles. The van der Waals surface area contributed by atoms with Crippen LogP contribution in [0.4, 0.5) is 0 Å². The standard InChI is InChI=1S/C12H19N3O2/c13-6-9-2-1-3-10(9)16-7-11-14-12(17-15-11)8-4-5-8/h8-10H,1-7,13H2. The summed E-state index contributed by atoms with van der Waals surface area (Å²) in [5, 5.41) is 3.95. The van der Waals surface area contributed by atoms with E-state index in [4.69, 9.17) is 15.0 Å². The van der Waals surface area contributed by atoms with Crippen LogP contribution < -0.4 is 5.73 Å². The van der Waals surface area contributed by atoms with Gasteiger partial charge in [0, 0.05) is 5.92 Å². The van der Waals surface area contributed by atoms with Crippen molar-refractivity contribution in [3.8, 4) is 0 Å². The Morgan fingerprint density at radius 3 is 2.94 bits per heavy atom. The Hall–Kier alpha value is -0.940. The van der Waals surface area contributed by atoms with Crippen LogP contribution in [0.15, 0.2) is 4.52 Å². The highest BCUT2D eigenvalue weighted by Crippen LogP contribution is 2.38. The molecule has 0 spiro atoms. The SMILES string of the molecule is NCC1CCCC1OCc1noc(C2CC2)n1. The second-order valence-corrected chi connectivity index (χ2v) is 5.10. The fraction of sp³-hybridized carbons (Fsp3) is 0.833. The summed E-state index contributed by atoms with van der Waals surface area (Å²) in [4.78, 5) is 4.35. The minimum Gasteiger partial charge on any atom is -0.370 e. The van der Waals surface area contributed by atoms with Crippen molar-refractivity contribution in [2.75, 3.05) is 6.54 Å². The van der Waals surface area contributed by atoms with Crippen molar-refractivity contribution in [1.82, 2.24) is 10.1 Å². The van der Waals surface area contributed by atoms with E-state index in [1.54, 1.807) is 0 Å². The summed E-state index contributed by atoms with van der Waals surface area (Å²) in [5.41, 5.74) is 5.72. The quantitative estimate of drug-likeness (QED) is 0.841. The van der Waals surface area contributed by atoms with E-state index >= 15 is 0 Å². The van der Waals surface area contributed by atoms with Crippen LogP contribution in [0.1, 0.15) is 49.7 Å². The molecule has 1 aromatic rings. The van der Waals surface area contributed by atoms with Gasteiger partial charge < -0.3 is 15.0 Å². The van der Waals surface area contributed by atoms with Crippen molar-refractivity contribution in [2.24, 2.45) is 11.7 Å². The molecular weight excluding hydrogens is 218 g/mol. The molecule has 0 radical (unpaired) electrons. The second kappa shape index (κ2) is 4.74. The van der Waals surface area contributed by atoms with Gasteiger partial charge in [-0.15, -0.1) is 0 Å². The van der Waals surface area contributed by atoms with Crippen molar-refractivity contribution in [2.45, 2.75) is 50.7 Å². The maximum absolute atomic E-state index is 5.84. The molecule has 5 heteroatoms. The first-order valence-electron chi connectivity index (χ1n) is 6.51. The lowest BCUT2D eigenvalue weighted by atomic mass is 10.1. The van der Waals surface area contributed by atoms with E-state index in [2.05, 4.69) is 10.1 Å². The first-order valence-corrected chi connectivity index (χ1v) is 6.51. The first kappa shape index (κ1) is 11.2. The number of nitrogens with two attached hydrogens (primary N) is 1. The topological polar surface area (TPSA) is 74.2 Å². The molecular formula is C12H19N3O2. The van der Waals surface area contributed by atoms with Crippen LogP contribution in [0.25, 0.3) is 0 Å². The van der Waals surface area contributed by atoms with Crippen LogP contribution in [-0.4, -0.2) is 22.8 Å². The third-order valence-electron chi connectivity index (χ3n) is 3.73. The number of ether oxygens (including phenoxy) is 1. The Balaban J connectivity index is 1.52. The van der Waals surface area contributed by atoms with Crippen molar-refractivity contribution >= 4 is 0 Å². The molecule has 5 nitrogen and oxygen atoms in total. The summed E-state index contributed by atoms with van der Waals surface area (Å²) in [5.74, 6) is 2.48. The molecule has 2 fully saturated rings. The predicted octanol–water partition coefficient (Wildman–Crippen LogP) is 1.59. The summed E-state index contributed by atoms with van der Waals surface area (Å²) < 4.78 is 11.0. The van der Waals surface area contributed by atoms with E-state index in [-0.39, 0.29) is 6.10 Å². The smallest absolute Gasteiger partial charge is 0.229 e. The van der Waals surface area contributed by atoms with Crippen molar-refractivity contribution in [3.05, 3.63) is 11.7 Å². The molecule has 0 aliphatic heterocycles. The number of rotatable bonds is 5.